The molecule has 2 nitrogen and oxygen atoms in total. The van der Waals surface area contributed by atoms with Crippen molar-refractivity contribution in [3.8, 4) is 0 Å². The van der Waals surface area contributed by atoms with Gasteiger partial charge in [0.2, 0.25) is 0 Å². The Morgan fingerprint density at radius 3 is 1.30 bits per heavy atom. The van der Waals surface area contributed by atoms with E-state index in [4.69, 9.17) is 0 Å². The Morgan fingerprint density at radius 2 is 0.838 bits per heavy atom. The van der Waals surface area contributed by atoms with Crippen LogP contribution in [0.2, 0.25) is 0 Å². The van der Waals surface area contributed by atoms with Crippen molar-refractivity contribution < 1.29 is 4.57 Å². The van der Waals surface area contributed by atoms with Crippen molar-refractivity contribution in [3.05, 3.63) is 18.2 Å². The zero-order valence-corrected chi connectivity index (χ0v) is 26.1. The van der Waals surface area contributed by atoms with Crippen molar-refractivity contribution in [1.82, 2.24) is 4.57 Å². The first-order valence-electron chi connectivity index (χ1n) is 17.4. The molecule has 1 heterocycles. The highest BCUT2D eigenvalue weighted by molar-refractivity contribution is 4.84. The molecule has 0 aromatic carbocycles. The van der Waals surface area contributed by atoms with Crippen molar-refractivity contribution in [2.45, 2.75) is 207 Å². The van der Waals surface area contributed by atoms with Gasteiger partial charge in [0.05, 0.1) is 13.1 Å². The summed E-state index contributed by atoms with van der Waals surface area (Å²) in [5.41, 5.74) is 0. The average molecular weight is 518 g/mol. The van der Waals surface area contributed by atoms with Crippen LogP contribution in [0.3, 0.4) is 0 Å². The maximum atomic E-state index is 2.62. The molecule has 2 heteroatoms. The molecule has 0 amide bonds. The molecule has 0 radical (unpaired) electrons. The van der Waals surface area contributed by atoms with Crippen molar-refractivity contribution in [3.63, 3.8) is 0 Å². The molecule has 0 spiro atoms. The molecule has 0 bridgehead atoms. The Balaban J connectivity index is 2.33. The molecule has 0 saturated carbocycles. The molecular formula is C35H69N2+. The SMILES string of the molecule is CCCCCCCCCCCCC[n+]1ccn(CCCCCCCCC)c1CCCCCCCCCC. The van der Waals surface area contributed by atoms with Gasteiger partial charge in [0, 0.05) is 6.42 Å². The predicted molar refractivity (Wildman–Crippen MR) is 165 cm³/mol. The lowest BCUT2D eigenvalue weighted by molar-refractivity contribution is -0.704. The molecule has 0 aliphatic rings. The van der Waals surface area contributed by atoms with Crippen LogP contribution in [0.25, 0.3) is 0 Å². The van der Waals surface area contributed by atoms with Crippen LogP contribution in [0.1, 0.15) is 194 Å². The van der Waals surface area contributed by atoms with E-state index in [1.165, 1.54) is 186 Å². The Hall–Kier alpha value is -0.790. The van der Waals surface area contributed by atoms with Crippen LogP contribution < -0.4 is 4.57 Å². The number of aromatic nitrogens is 2. The number of rotatable bonds is 29. The summed E-state index contributed by atoms with van der Waals surface area (Å²) in [6, 6.07) is 0. The van der Waals surface area contributed by atoms with E-state index in [1.54, 1.807) is 5.82 Å². The van der Waals surface area contributed by atoms with Gasteiger partial charge in [-0.3, -0.25) is 0 Å². The molecule has 1 aromatic rings. The number of imidazole rings is 1. The fourth-order valence-corrected chi connectivity index (χ4v) is 5.80. The molecule has 0 N–H and O–H groups in total. The van der Waals surface area contributed by atoms with Crippen molar-refractivity contribution >= 4 is 0 Å². The first kappa shape index (κ1) is 34.2. The van der Waals surface area contributed by atoms with Crippen LogP contribution in [0.5, 0.6) is 0 Å². The Bertz CT molecular complexity index is 576. The highest BCUT2D eigenvalue weighted by atomic mass is 15.1. The van der Waals surface area contributed by atoms with Crippen LogP contribution in [0.15, 0.2) is 12.4 Å². The minimum atomic E-state index is 1.23. The lowest BCUT2D eigenvalue weighted by atomic mass is 10.1. The van der Waals surface area contributed by atoms with E-state index in [9.17, 15) is 0 Å². The van der Waals surface area contributed by atoms with Crippen LogP contribution in [0.4, 0.5) is 0 Å². The summed E-state index contributed by atoms with van der Waals surface area (Å²) in [6.45, 7) is 9.39. The first-order valence-corrected chi connectivity index (χ1v) is 17.4. The lowest BCUT2D eigenvalue weighted by Gasteiger charge is -2.07. The second-order valence-electron chi connectivity index (χ2n) is 12.0. The summed E-state index contributed by atoms with van der Waals surface area (Å²) in [6.07, 6.45) is 42.9. The van der Waals surface area contributed by atoms with Crippen LogP contribution in [-0.4, -0.2) is 4.57 Å². The van der Waals surface area contributed by atoms with Gasteiger partial charge in [0.1, 0.15) is 12.4 Å². The van der Waals surface area contributed by atoms with Crippen molar-refractivity contribution in [2.75, 3.05) is 0 Å². The highest BCUT2D eigenvalue weighted by Gasteiger charge is 2.16. The van der Waals surface area contributed by atoms with Crippen LogP contribution in [-0.2, 0) is 19.5 Å². The monoisotopic (exact) mass is 518 g/mol. The second-order valence-corrected chi connectivity index (χ2v) is 12.0. The van der Waals surface area contributed by atoms with Gasteiger partial charge in [-0.15, -0.1) is 0 Å². The Morgan fingerprint density at radius 1 is 0.459 bits per heavy atom. The maximum Gasteiger partial charge on any atom is 0.256 e. The minimum absolute atomic E-state index is 1.23. The Labute approximate surface area is 234 Å². The summed E-state index contributed by atoms with van der Waals surface area (Å²) in [5, 5.41) is 0. The van der Waals surface area contributed by atoms with E-state index in [0.717, 1.165) is 0 Å². The van der Waals surface area contributed by atoms with Gasteiger partial charge in [-0.2, -0.15) is 0 Å². The fourth-order valence-electron chi connectivity index (χ4n) is 5.80. The molecule has 0 unspecified atom stereocenters. The Kier molecular flexibility index (Phi) is 24.8. The summed E-state index contributed by atoms with van der Waals surface area (Å²) < 4.78 is 5.24. The summed E-state index contributed by atoms with van der Waals surface area (Å²) >= 11 is 0. The normalized spacial score (nSPS) is 11.5. The van der Waals surface area contributed by atoms with Crippen LogP contribution >= 0.6 is 0 Å². The first-order chi connectivity index (χ1) is 18.3. The third kappa shape index (κ3) is 19.9. The summed E-state index contributed by atoms with van der Waals surface area (Å²) in [7, 11) is 0. The molecule has 0 saturated heterocycles. The molecule has 1 aromatic heterocycles. The molecule has 0 atom stereocenters. The quantitative estimate of drug-likeness (QED) is 0.0737. The number of unbranched alkanes of at least 4 members (excludes halogenated alkanes) is 23. The highest BCUT2D eigenvalue weighted by Crippen LogP contribution is 2.14. The minimum Gasteiger partial charge on any atom is -0.234 e. The van der Waals surface area contributed by atoms with Gasteiger partial charge in [-0.05, 0) is 32.1 Å². The molecule has 218 valence electrons. The van der Waals surface area contributed by atoms with Gasteiger partial charge in [-0.25, -0.2) is 9.13 Å². The van der Waals surface area contributed by atoms with Crippen LogP contribution in [0, 0.1) is 0 Å². The van der Waals surface area contributed by atoms with Gasteiger partial charge < -0.3 is 0 Å². The second kappa shape index (κ2) is 26.8. The van der Waals surface area contributed by atoms with E-state index < -0.39 is 0 Å². The number of hydrogen-bond acceptors (Lipinski definition) is 0. The van der Waals surface area contributed by atoms with Gasteiger partial charge in [0.25, 0.3) is 5.82 Å². The van der Waals surface area contributed by atoms with Crippen molar-refractivity contribution in [2.24, 2.45) is 0 Å². The van der Waals surface area contributed by atoms with Gasteiger partial charge in [-0.1, -0.05) is 156 Å². The number of hydrogen-bond donors (Lipinski definition) is 0. The molecule has 0 aliphatic heterocycles. The predicted octanol–water partition coefficient (Wildman–Crippen LogP) is 11.5. The van der Waals surface area contributed by atoms with E-state index in [-0.39, 0.29) is 0 Å². The maximum absolute atomic E-state index is 2.62. The number of nitrogens with zero attached hydrogens (tertiary/aromatic N) is 2. The molecular weight excluding hydrogens is 448 g/mol. The molecule has 37 heavy (non-hydrogen) atoms. The summed E-state index contributed by atoms with van der Waals surface area (Å²) in [4.78, 5) is 0. The molecule has 0 aliphatic carbocycles. The van der Waals surface area contributed by atoms with Gasteiger partial charge in [0.15, 0.2) is 0 Å². The van der Waals surface area contributed by atoms with E-state index in [1.807, 2.05) is 0 Å². The lowest BCUT2D eigenvalue weighted by Crippen LogP contribution is -2.37. The van der Waals surface area contributed by atoms with Gasteiger partial charge >= 0.3 is 0 Å². The average Bonchev–Trinajstić information content (AvgIpc) is 3.29. The smallest absolute Gasteiger partial charge is 0.234 e. The van der Waals surface area contributed by atoms with E-state index in [0.29, 0.717) is 0 Å². The largest absolute Gasteiger partial charge is 0.256 e. The van der Waals surface area contributed by atoms with E-state index in [2.05, 4.69) is 42.3 Å². The molecule has 1 rings (SSSR count). The topological polar surface area (TPSA) is 8.81 Å². The standard InChI is InChI=1S/C35H69N2/c1-4-7-10-13-16-18-19-20-23-26-29-32-37-34-33-36(31-28-25-22-15-12-9-6-3)35(37)30-27-24-21-17-14-11-8-5-2/h33-34H,4-32H2,1-3H3/q+1. The zero-order valence-electron chi connectivity index (χ0n) is 26.1. The fraction of sp³-hybridized carbons (Fsp3) is 0.914. The summed E-state index contributed by atoms with van der Waals surface area (Å²) in [5.74, 6) is 1.61. The zero-order chi connectivity index (χ0) is 26.7. The van der Waals surface area contributed by atoms with Crippen molar-refractivity contribution in [1.29, 1.82) is 0 Å². The van der Waals surface area contributed by atoms with E-state index >= 15 is 0 Å². The number of aryl methyl sites for hydroxylation is 2. The molecule has 0 fully saturated rings. The third-order valence-corrected chi connectivity index (χ3v) is 8.35. The third-order valence-electron chi connectivity index (χ3n) is 8.35.